The van der Waals surface area contributed by atoms with Gasteiger partial charge in [0.2, 0.25) is 0 Å². The molecule has 1 unspecified atom stereocenters. The third-order valence-electron chi connectivity index (χ3n) is 4.55. The summed E-state index contributed by atoms with van der Waals surface area (Å²) in [6, 6.07) is 6.01. The van der Waals surface area contributed by atoms with Gasteiger partial charge in [-0.2, -0.15) is 0 Å². The summed E-state index contributed by atoms with van der Waals surface area (Å²) in [6.07, 6.45) is 6.52. The van der Waals surface area contributed by atoms with Crippen molar-refractivity contribution in [2.75, 3.05) is 18.5 Å². The number of hydrogen-bond acceptors (Lipinski definition) is 2. The highest BCUT2D eigenvalue weighted by atomic mass is 19.1. The molecule has 0 spiro atoms. The van der Waals surface area contributed by atoms with Crippen LogP contribution in [-0.2, 0) is 0 Å². The molecular formula is C17H27FN2. The van der Waals surface area contributed by atoms with Crippen molar-refractivity contribution in [1.29, 1.82) is 0 Å². The summed E-state index contributed by atoms with van der Waals surface area (Å²) in [5.41, 5.74) is 2.27. The molecule has 0 saturated heterocycles. The summed E-state index contributed by atoms with van der Waals surface area (Å²) in [5.74, 6) is -0.148. The Hall–Kier alpha value is -1.09. The zero-order chi connectivity index (χ0) is 14.5. The van der Waals surface area contributed by atoms with E-state index < -0.39 is 0 Å². The molecule has 1 atom stereocenters. The lowest BCUT2D eigenvalue weighted by Gasteiger charge is -2.37. The number of nitrogens with one attached hydrogen (secondary N) is 1. The highest BCUT2D eigenvalue weighted by Crippen LogP contribution is 2.32. The molecule has 1 N–H and O–H groups in total. The second kappa shape index (κ2) is 7.07. The van der Waals surface area contributed by atoms with Crippen molar-refractivity contribution < 1.29 is 4.39 Å². The van der Waals surface area contributed by atoms with E-state index in [-0.39, 0.29) is 11.9 Å². The van der Waals surface area contributed by atoms with Gasteiger partial charge in [0.05, 0.1) is 0 Å². The maximum atomic E-state index is 13.6. The Kier molecular flexibility index (Phi) is 5.41. The van der Waals surface area contributed by atoms with Gasteiger partial charge in [0.25, 0.3) is 0 Å². The van der Waals surface area contributed by atoms with Crippen molar-refractivity contribution in [2.45, 2.75) is 58.0 Å². The monoisotopic (exact) mass is 278 g/mol. The fraction of sp³-hybridized carbons (Fsp3) is 0.647. The smallest absolute Gasteiger partial charge is 0.123 e. The van der Waals surface area contributed by atoms with Crippen molar-refractivity contribution in [3.05, 3.63) is 29.6 Å². The van der Waals surface area contributed by atoms with Crippen LogP contribution in [0.5, 0.6) is 0 Å². The first-order chi connectivity index (χ1) is 9.67. The van der Waals surface area contributed by atoms with Crippen LogP contribution in [0.2, 0.25) is 0 Å². The Morgan fingerprint density at radius 1 is 1.30 bits per heavy atom. The Labute approximate surface area is 122 Å². The van der Waals surface area contributed by atoms with Crippen LogP contribution < -0.4 is 10.2 Å². The molecule has 1 aromatic rings. The van der Waals surface area contributed by atoms with Crippen molar-refractivity contribution >= 4 is 5.69 Å². The summed E-state index contributed by atoms with van der Waals surface area (Å²) in [7, 11) is 1.93. The Balaban J connectivity index is 2.32. The van der Waals surface area contributed by atoms with Gasteiger partial charge in [0.15, 0.2) is 0 Å². The van der Waals surface area contributed by atoms with Gasteiger partial charge < -0.3 is 10.2 Å². The summed E-state index contributed by atoms with van der Waals surface area (Å²) in [5, 5.41) is 3.24. The van der Waals surface area contributed by atoms with Crippen molar-refractivity contribution in [2.24, 2.45) is 0 Å². The third-order valence-corrected chi connectivity index (χ3v) is 4.55. The zero-order valence-corrected chi connectivity index (χ0v) is 13.0. The van der Waals surface area contributed by atoms with Gasteiger partial charge in [-0.3, -0.25) is 0 Å². The second-order valence-electron chi connectivity index (χ2n) is 5.79. The molecule has 1 fully saturated rings. The summed E-state index contributed by atoms with van der Waals surface area (Å²) < 4.78 is 13.6. The van der Waals surface area contributed by atoms with Gasteiger partial charge >= 0.3 is 0 Å². The quantitative estimate of drug-likeness (QED) is 0.865. The molecule has 0 aliphatic heterocycles. The topological polar surface area (TPSA) is 15.3 Å². The lowest BCUT2D eigenvalue weighted by Crippen LogP contribution is -2.37. The minimum Gasteiger partial charge on any atom is -0.369 e. The molecular weight excluding hydrogens is 251 g/mol. The SMILES string of the molecule is CCN(c1ccc(F)cc1C(C)NC)C1CCCCC1. The molecule has 1 aliphatic carbocycles. The number of anilines is 1. The van der Waals surface area contributed by atoms with E-state index in [1.165, 1.54) is 37.8 Å². The average Bonchev–Trinajstić information content (AvgIpc) is 2.49. The first-order valence-electron chi connectivity index (χ1n) is 7.90. The number of nitrogens with zero attached hydrogens (tertiary/aromatic N) is 1. The largest absolute Gasteiger partial charge is 0.369 e. The van der Waals surface area contributed by atoms with E-state index in [9.17, 15) is 4.39 Å². The first-order valence-corrected chi connectivity index (χ1v) is 7.90. The van der Waals surface area contributed by atoms with E-state index in [0.717, 1.165) is 12.1 Å². The molecule has 0 amide bonds. The predicted molar refractivity (Wildman–Crippen MR) is 83.8 cm³/mol. The van der Waals surface area contributed by atoms with E-state index in [0.29, 0.717) is 6.04 Å². The molecule has 0 bridgehead atoms. The number of benzene rings is 1. The van der Waals surface area contributed by atoms with Gasteiger partial charge in [-0.1, -0.05) is 19.3 Å². The standard InChI is InChI=1S/C17H27FN2/c1-4-20(15-8-6-5-7-9-15)17-11-10-14(18)12-16(17)13(2)19-3/h10-13,15,19H,4-9H2,1-3H3. The number of hydrogen-bond donors (Lipinski definition) is 1. The molecule has 2 rings (SSSR count). The number of halogens is 1. The summed E-state index contributed by atoms with van der Waals surface area (Å²) >= 11 is 0. The Morgan fingerprint density at radius 2 is 2.00 bits per heavy atom. The van der Waals surface area contributed by atoms with Crippen molar-refractivity contribution in [3.63, 3.8) is 0 Å². The lowest BCUT2D eigenvalue weighted by molar-refractivity contribution is 0.417. The molecule has 20 heavy (non-hydrogen) atoms. The molecule has 2 nitrogen and oxygen atoms in total. The van der Waals surface area contributed by atoms with E-state index in [4.69, 9.17) is 0 Å². The van der Waals surface area contributed by atoms with Crippen LogP contribution in [-0.4, -0.2) is 19.6 Å². The predicted octanol–water partition coefficient (Wildman–Crippen LogP) is 4.27. The molecule has 112 valence electrons. The molecule has 0 aromatic heterocycles. The molecule has 0 heterocycles. The fourth-order valence-electron chi connectivity index (χ4n) is 3.31. The van der Waals surface area contributed by atoms with E-state index in [1.54, 1.807) is 12.1 Å². The highest BCUT2D eigenvalue weighted by molar-refractivity contribution is 5.56. The molecule has 1 saturated carbocycles. The minimum atomic E-state index is -0.148. The highest BCUT2D eigenvalue weighted by Gasteiger charge is 2.23. The third kappa shape index (κ3) is 3.32. The van der Waals surface area contributed by atoms with Crippen LogP contribution in [0.3, 0.4) is 0 Å². The van der Waals surface area contributed by atoms with E-state index in [2.05, 4.69) is 24.1 Å². The summed E-state index contributed by atoms with van der Waals surface area (Å²) in [6.45, 7) is 5.28. The second-order valence-corrected chi connectivity index (χ2v) is 5.79. The van der Waals surface area contributed by atoms with Crippen LogP contribution in [0.4, 0.5) is 10.1 Å². The van der Waals surface area contributed by atoms with Crippen LogP contribution in [0.25, 0.3) is 0 Å². The van der Waals surface area contributed by atoms with Crippen LogP contribution >= 0.6 is 0 Å². The molecule has 0 radical (unpaired) electrons. The molecule has 1 aromatic carbocycles. The first kappa shape index (κ1) is 15.3. The number of rotatable bonds is 5. The van der Waals surface area contributed by atoms with Gasteiger partial charge in [0.1, 0.15) is 5.82 Å². The van der Waals surface area contributed by atoms with Gasteiger partial charge in [-0.25, -0.2) is 4.39 Å². The fourth-order valence-corrected chi connectivity index (χ4v) is 3.31. The Bertz CT molecular complexity index is 427. The van der Waals surface area contributed by atoms with Crippen LogP contribution in [0, 0.1) is 5.82 Å². The van der Waals surface area contributed by atoms with E-state index >= 15 is 0 Å². The average molecular weight is 278 g/mol. The van der Waals surface area contributed by atoms with Gasteiger partial charge in [-0.15, -0.1) is 0 Å². The van der Waals surface area contributed by atoms with Crippen LogP contribution in [0.15, 0.2) is 18.2 Å². The van der Waals surface area contributed by atoms with Crippen molar-refractivity contribution in [3.8, 4) is 0 Å². The maximum absolute atomic E-state index is 13.6. The van der Waals surface area contributed by atoms with Gasteiger partial charge in [0, 0.05) is 24.3 Å². The molecule has 3 heteroatoms. The molecule has 1 aliphatic rings. The van der Waals surface area contributed by atoms with Crippen LogP contribution in [0.1, 0.15) is 57.6 Å². The van der Waals surface area contributed by atoms with Crippen molar-refractivity contribution in [1.82, 2.24) is 5.32 Å². The Morgan fingerprint density at radius 3 is 2.60 bits per heavy atom. The minimum absolute atomic E-state index is 0.148. The van der Waals surface area contributed by atoms with E-state index in [1.807, 2.05) is 13.1 Å². The lowest BCUT2D eigenvalue weighted by atomic mass is 9.93. The zero-order valence-electron chi connectivity index (χ0n) is 13.0. The summed E-state index contributed by atoms with van der Waals surface area (Å²) in [4.78, 5) is 2.47. The maximum Gasteiger partial charge on any atom is 0.123 e. The normalized spacial score (nSPS) is 18.0. The van der Waals surface area contributed by atoms with Gasteiger partial charge in [-0.05, 0) is 57.5 Å².